The van der Waals surface area contributed by atoms with Gasteiger partial charge in [0.05, 0.1) is 6.54 Å². The summed E-state index contributed by atoms with van der Waals surface area (Å²) < 4.78 is 7.47. The predicted octanol–water partition coefficient (Wildman–Crippen LogP) is 3.69. The molecule has 0 bridgehead atoms. The summed E-state index contributed by atoms with van der Waals surface area (Å²) in [5, 5.41) is 7.75. The molecule has 2 heterocycles. The Morgan fingerprint density at radius 1 is 1.27 bits per heavy atom. The minimum atomic E-state index is -0.666. The van der Waals surface area contributed by atoms with E-state index in [0.717, 1.165) is 11.1 Å². The van der Waals surface area contributed by atoms with Crippen LogP contribution >= 0.6 is 11.6 Å². The maximum atomic E-state index is 12.3. The zero-order chi connectivity index (χ0) is 18.5. The first kappa shape index (κ1) is 17.9. The highest BCUT2D eigenvalue weighted by Crippen LogP contribution is 2.23. The van der Waals surface area contributed by atoms with Gasteiger partial charge in [-0.3, -0.25) is 14.5 Å². The smallest absolute Gasteiger partial charge is 0.266 e. The number of ether oxygens (including phenoxy) is 1. The zero-order valence-corrected chi connectivity index (χ0v) is 15.3. The third-order valence-corrected chi connectivity index (χ3v) is 4.03. The van der Waals surface area contributed by atoms with Gasteiger partial charge in [-0.1, -0.05) is 11.6 Å². The van der Waals surface area contributed by atoms with Gasteiger partial charge >= 0.3 is 0 Å². The van der Waals surface area contributed by atoms with Crippen molar-refractivity contribution in [1.82, 2.24) is 14.8 Å². The molecule has 1 atom stereocenters. The van der Waals surface area contributed by atoms with E-state index >= 15 is 0 Å². The van der Waals surface area contributed by atoms with E-state index in [1.807, 2.05) is 25.3 Å². The molecule has 0 fully saturated rings. The van der Waals surface area contributed by atoms with E-state index in [1.54, 1.807) is 48.3 Å². The molecule has 1 amide bonds. The quantitative estimate of drug-likeness (QED) is 0.718. The van der Waals surface area contributed by atoms with Crippen LogP contribution in [0.15, 0.2) is 55.0 Å². The molecule has 1 aromatic carbocycles. The standard InChI is InChI=1S/C19H19ClN4O2/c1-13-11-16(20)3-4-17(13)26-14(2)19(25)22-18-7-10-24(23-18)12-15-5-8-21-9-6-15/h3-11,14H,12H2,1-2H3,(H,22,23,25). The number of benzene rings is 1. The number of hydrogen-bond donors (Lipinski definition) is 1. The maximum absolute atomic E-state index is 12.3. The van der Waals surface area contributed by atoms with Crippen LogP contribution in [0.5, 0.6) is 5.75 Å². The van der Waals surface area contributed by atoms with Crippen molar-refractivity contribution in [2.45, 2.75) is 26.5 Å². The van der Waals surface area contributed by atoms with E-state index in [0.29, 0.717) is 23.1 Å². The predicted molar refractivity (Wildman–Crippen MR) is 100 cm³/mol. The van der Waals surface area contributed by atoms with Crippen LogP contribution in [0.3, 0.4) is 0 Å². The summed E-state index contributed by atoms with van der Waals surface area (Å²) in [6.45, 7) is 4.18. The van der Waals surface area contributed by atoms with Gasteiger partial charge in [-0.2, -0.15) is 5.10 Å². The van der Waals surface area contributed by atoms with Gasteiger partial charge in [-0.25, -0.2) is 0 Å². The molecule has 1 N–H and O–H groups in total. The molecule has 0 aliphatic rings. The third kappa shape index (κ3) is 4.61. The summed E-state index contributed by atoms with van der Waals surface area (Å²) in [5.41, 5.74) is 1.95. The largest absolute Gasteiger partial charge is 0.481 e. The van der Waals surface area contributed by atoms with Crippen molar-refractivity contribution in [3.05, 3.63) is 71.1 Å². The Morgan fingerprint density at radius 2 is 2.04 bits per heavy atom. The van der Waals surface area contributed by atoms with Gasteiger partial charge < -0.3 is 10.1 Å². The third-order valence-electron chi connectivity index (χ3n) is 3.80. The molecule has 0 radical (unpaired) electrons. The number of nitrogens with zero attached hydrogens (tertiary/aromatic N) is 3. The van der Waals surface area contributed by atoms with E-state index in [-0.39, 0.29) is 5.91 Å². The van der Waals surface area contributed by atoms with Crippen molar-refractivity contribution in [1.29, 1.82) is 0 Å². The van der Waals surface area contributed by atoms with E-state index < -0.39 is 6.10 Å². The molecule has 26 heavy (non-hydrogen) atoms. The van der Waals surface area contributed by atoms with E-state index in [2.05, 4.69) is 15.4 Å². The fraction of sp³-hybridized carbons (Fsp3) is 0.211. The van der Waals surface area contributed by atoms with E-state index in [9.17, 15) is 4.79 Å². The second kappa shape index (κ2) is 8.01. The van der Waals surface area contributed by atoms with Gasteiger partial charge in [-0.15, -0.1) is 0 Å². The zero-order valence-electron chi connectivity index (χ0n) is 14.5. The number of aromatic nitrogens is 3. The van der Waals surface area contributed by atoms with Crippen molar-refractivity contribution < 1.29 is 9.53 Å². The Labute approximate surface area is 156 Å². The van der Waals surface area contributed by atoms with Gasteiger partial charge in [-0.05, 0) is 55.3 Å². The van der Waals surface area contributed by atoms with Crippen molar-refractivity contribution in [3.63, 3.8) is 0 Å². The number of aryl methyl sites for hydroxylation is 1. The summed E-state index contributed by atoms with van der Waals surface area (Å²) in [6, 6.07) is 10.9. The first-order valence-electron chi connectivity index (χ1n) is 8.17. The molecule has 3 rings (SSSR count). The minimum absolute atomic E-state index is 0.270. The average molecular weight is 371 g/mol. The molecule has 2 aromatic heterocycles. The molecule has 3 aromatic rings. The Hall–Kier alpha value is -2.86. The highest BCUT2D eigenvalue weighted by atomic mass is 35.5. The summed E-state index contributed by atoms with van der Waals surface area (Å²) >= 11 is 5.93. The lowest BCUT2D eigenvalue weighted by atomic mass is 10.2. The molecule has 0 saturated carbocycles. The molecule has 0 aliphatic carbocycles. The van der Waals surface area contributed by atoms with Crippen LogP contribution in [0, 0.1) is 6.92 Å². The van der Waals surface area contributed by atoms with Crippen LogP contribution in [-0.4, -0.2) is 26.8 Å². The first-order chi connectivity index (χ1) is 12.5. The lowest BCUT2D eigenvalue weighted by Gasteiger charge is -2.15. The molecule has 0 spiro atoms. The van der Waals surface area contributed by atoms with Crippen LogP contribution in [-0.2, 0) is 11.3 Å². The Bertz CT molecular complexity index is 896. The molecule has 7 heteroatoms. The second-order valence-corrected chi connectivity index (χ2v) is 6.35. The molecule has 6 nitrogen and oxygen atoms in total. The lowest BCUT2D eigenvalue weighted by Crippen LogP contribution is -2.30. The lowest BCUT2D eigenvalue weighted by molar-refractivity contribution is -0.122. The van der Waals surface area contributed by atoms with Gasteiger partial charge in [0.2, 0.25) is 0 Å². The van der Waals surface area contributed by atoms with Crippen molar-refractivity contribution in [2.24, 2.45) is 0 Å². The fourth-order valence-electron chi connectivity index (χ4n) is 2.41. The number of carbonyl (C=O) groups is 1. The monoisotopic (exact) mass is 370 g/mol. The maximum Gasteiger partial charge on any atom is 0.266 e. The SMILES string of the molecule is Cc1cc(Cl)ccc1OC(C)C(=O)Nc1ccn(Cc2ccncc2)n1. The normalized spacial score (nSPS) is 11.8. The molecular weight excluding hydrogens is 352 g/mol. The average Bonchev–Trinajstić information content (AvgIpc) is 3.05. The minimum Gasteiger partial charge on any atom is -0.481 e. The molecule has 1 unspecified atom stereocenters. The Kier molecular flexibility index (Phi) is 5.53. The van der Waals surface area contributed by atoms with Gasteiger partial charge in [0, 0.05) is 29.7 Å². The molecular formula is C19H19ClN4O2. The topological polar surface area (TPSA) is 69.0 Å². The van der Waals surface area contributed by atoms with Crippen molar-refractivity contribution in [3.8, 4) is 5.75 Å². The van der Waals surface area contributed by atoms with Crippen LogP contribution < -0.4 is 10.1 Å². The van der Waals surface area contributed by atoms with Gasteiger partial charge in [0.15, 0.2) is 11.9 Å². The summed E-state index contributed by atoms with van der Waals surface area (Å²) in [4.78, 5) is 16.3. The number of nitrogens with one attached hydrogen (secondary N) is 1. The molecule has 0 saturated heterocycles. The van der Waals surface area contributed by atoms with Crippen LogP contribution in [0.25, 0.3) is 0 Å². The number of amides is 1. The first-order valence-corrected chi connectivity index (χ1v) is 8.55. The van der Waals surface area contributed by atoms with Crippen molar-refractivity contribution >= 4 is 23.3 Å². The number of pyridine rings is 1. The number of halogens is 1. The number of hydrogen-bond acceptors (Lipinski definition) is 4. The number of anilines is 1. The fourth-order valence-corrected chi connectivity index (χ4v) is 2.64. The highest BCUT2D eigenvalue weighted by Gasteiger charge is 2.17. The van der Waals surface area contributed by atoms with Crippen LogP contribution in [0.4, 0.5) is 5.82 Å². The second-order valence-electron chi connectivity index (χ2n) is 5.91. The molecule has 0 aliphatic heterocycles. The van der Waals surface area contributed by atoms with Gasteiger partial charge in [0.1, 0.15) is 5.75 Å². The van der Waals surface area contributed by atoms with Gasteiger partial charge in [0.25, 0.3) is 5.91 Å². The van der Waals surface area contributed by atoms with E-state index in [4.69, 9.17) is 16.3 Å². The Balaban J connectivity index is 1.59. The molecule has 134 valence electrons. The summed E-state index contributed by atoms with van der Waals surface area (Å²) in [5.74, 6) is 0.834. The highest BCUT2D eigenvalue weighted by molar-refractivity contribution is 6.30. The van der Waals surface area contributed by atoms with Crippen molar-refractivity contribution in [2.75, 3.05) is 5.32 Å². The number of rotatable bonds is 6. The summed E-state index contributed by atoms with van der Waals surface area (Å²) in [6.07, 6.45) is 4.61. The van der Waals surface area contributed by atoms with E-state index in [1.165, 1.54) is 0 Å². The van der Waals surface area contributed by atoms with Crippen LogP contribution in [0.1, 0.15) is 18.1 Å². The Morgan fingerprint density at radius 3 is 2.77 bits per heavy atom. The summed E-state index contributed by atoms with van der Waals surface area (Å²) in [7, 11) is 0. The number of carbonyl (C=O) groups excluding carboxylic acids is 1. The van der Waals surface area contributed by atoms with Crippen LogP contribution in [0.2, 0.25) is 5.02 Å².